The van der Waals surface area contributed by atoms with Gasteiger partial charge in [0.2, 0.25) is 0 Å². The SMILES string of the molecule is CC=CC(CSC#N)SC#N. The molecule has 4 heteroatoms. The molecule has 0 aliphatic rings. The van der Waals surface area contributed by atoms with Crippen LogP contribution in [0.1, 0.15) is 6.92 Å². The molecule has 0 aromatic heterocycles. The van der Waals surface area contributed by atoms with E-state index in [0.29, 0.717) is 5.75 Å². The Balaban J connectivity index is 3.73. The van der Waals surface area contributed by atoms with Crippen molar-refractivity contribution in [3.8, 4) is 10.8 Å². The van der Waals surface area contributed by atoms with Crippen LogP contribution >= 0.6 is 23.5 Å². The first kappa shape index (κ1) is 10.4. The highest BCUT2D eigenvalue weighted by Gasteiger charge is 2.03. The second-order valence-corrected chi connectivity index (χ2v) is 3.50. The maximum Gasteiger partial charge on any atom is 0.133 e. The second kappa shape index (κ2) is 7.53. The number of hydrogen-bond donors (Lipinski definition) is 0. The van der Waals surface area contributed by atoms with Gasteiger partial charge in [0, 0.05) is 11.0 Å². The third-order valence-corrected chi connectivity index (χ3v) is 2.52. The second-order valence-electron chi connectivity index (χ2n) is 1.68. The first-order valence-corrected chi connectivity index (χ1v) is 4.90. The third-order valence-electron chi connectivity index (χ3n) is 0.923. The summed E-state index contributed by atoms with van der Waals surface area (Å²) in [6, 6.07) is 0. The van der Waals surface area contributed by atoms with Gasteiger partial charge in [0.05, 0.1) is 0 Å². The Morgan fingerprint density at radius 3 is 2.64 bits per heavy atom. The Labute approximate surface area is 75.3 Å². The molecule has 0 radical (unpaired) electrons. The molecule has 0 aliphatic carbocycles. The van der Waals surface area contributed by atoms with E-state index in [1.165, 1.54) is 23.5 Å². The summed E-state index contributed by atoms with van der Waals surface area (Å²) in [5, 5.41) is 20.7. The molecule has 0 saturated heterocycles. The summed E-state index contributed by atoms with van der Waals surface area (Å²) in [5.74, 6) is 0.680. The van der Waals surface area contributed by atoms with Gasteiger partial charge >= 0.3 is 0 Å². The molecule has 0 rings (SSSR count). The van der Waals surface area contributed by atoms with E-state index in [9.17, 15) is 0 Å². The van der Waals surface area contributed by atoms with Crippen molar-refractivity contribution in [1.82, 2.24) is 0 Å². The summed E-state index contributed by atoms with van der Waals surface area (Å²) in [4.78, 5) is 0. The van der Waals surface area contributed by atoms with Gasteiger partial charge < -0.3 is 0 Å². The molecule has 1 atom stereocenters. The first-order chi connectivity index (χ1) is 5.35. The largest absolute Gasteiger partial charge is 0.185 e. The zero-order valence-electron chi connectivity index (χ0n) is 6.15. The molecular formula is C7H8N2S2. The molecule has 0 N–H and O–H groups in total. The molecule has 0 spiro atoms. The molecule has 0 amide bonds. The smallest absolute Gasteiger partial charge is 0.133 e. The van der Waals surface area contributed by atoms with Crippen molar-refractivity contribution < 1.29 is 0 Å². The Bertz CT molecular complexity index is 199. The molecule has 0 bridgehead atoms. The number of nitriles is 2. The van der Waals surface area contributed by atoms with E-state index in [1.54, 1.807) is 0 Å². The van der Waals surface area contributed by atoms with Crippen LogP contribution in [0.3, 0.4) is 0 Å². The summed E-state index contributed by atoms with van der Waals surface area (Å²) in [5.41, 5.74) is 0. The van der Waals surface area contributed by atoms with E-state index in [0.717, 1.165) is 0 Å². The molecule has 2 nitrogen and oxygen atoms in total. The zero-order chi connectivity index (χ0) is 8.53. The van der Waals surface area contributed by atoms with E-state index in [1.807, 2.05) is 29.9 Å². The van der Waals surface area contributed by atoms with Crippen LogP contribution in [0.2, 0.25) is 0 Å². The van der Waals surface area contributed by atoms with Crippen molar-refractivity contribution in [2.24, 2.45) is 0 Å². The van der Waals surface area contributed by atoms with Crippen molar-refractivity contribution in [2.45, 2.75) is 12.2 Å². The Hall–Kier alpha value is -0.580. The lowest BCUT2D eigenvalue weighted by Crippen LogP contribution is -1.99. The zero-order valence-corrected chi connectivity index (χ0v) is 7.78. The summed E-state index contributed by atoms with van der Waals surface area (Å²) in [6.07, 6.45) is 3.82. The van der Waals surface area contributed by atoms with Gasteiger partial charge in [-0.3, -0.25) is 0 Å². The normalized spacial score (nSPS) is 12.3. The van der Waals surface area contributed by atoms with Gasteiger partial charge in [-0.05, 0) is 30.4 Å². The Morgan fingerprint density at radius 2 is 2.18 bits per heavy atom. The Kier molecular flexibility index (Phi) is 7.13. The summed E-state index contributed by atoms with van der Waals surface area (Å²) in [7, 11) is 0. The third kappa shape index (κ3) is 5.84. The predicted molar refractivity (Wildman–Crippen MR) is 49.9 cm³/mol. The van der Waals surface area contributed by atoms with Gasteiger partial charge in [-0.25, -0.2) is 0 Å². The van der Waals surface area contributed by atoms with E-state index in [4.69, 9.17) is 10.5 Å². The molecule has 58 valence electrons. The van der Waals surface area contributed by atoms with Crippen LogP contribution in [0.15, 0.2) is 12.2 Å². The van der Waals surface area contributed by atoms with Crippen LogP contribution in [0.25, 0.3) is 0 Å². The number of thiocyanates is 2. The number of hydrogen-bond acceptors (Lipinski definition) is 4. The van der Waals surface area contributed by atoms with Gasteiger partial charge in [-0.2, -0.15) is 10.5 Å². The molecule has 0 aliphatic heterocycles. The van der Waals surface area contributed by atoms with Crippen molar-refractivity contribution in [1.29, 1.82) is 10.5 Å². The summed E-state index contributed by atoms with van der Waals surface area (Å²) < 4.78 is 0. The fourth-order valence-corrected chi connectivity index (χ4v) is 1.73. The fraction of sp³-hybridized carbons (Fsp3) is 0.429. The molecule has 0 aromatic carbocycles. The molecule has 0 fully saturated rings. The average molecular weight is 184 g/mol. The molecule has 11 heavy (non-hydrogen) atoms. The van der Waals surface area contributed by atoms with Crippen molar-refractivity contribution >= 4 is 23.5 Å². The number of thioether (sulfide) groups is 2. The maximum absolute atomic E-state index is 8.35. The standard InChI is InChI=1S/C7H8N2S2/c1-2-3-7(11-6-9)4-10-5-8/h2-3,7H,4H2,1H3. The van der Waals surface area contributed by atoms with Gasteiger partial charge in [0.15, 0.2) is 0 Å². The van der Waals surface area contributed by atoms with E-state index in [-0.39, 0.29) is 5.25 Å². The maximum atomic E-state index is 8.35. The van der Waals surface area contributed by atoms with E-state index in [2.05, 4.69) is 0 Å². The molecule has 0 heterocycles. The van der Waals surface area contributed by atoms with Crippen molar-refractivity contribution in [3.63, 3.8) is 0 Å². The van der Waals surface area contributed by atoms with Crippen molar-refractivity contribution in [3.05, 3.63) is 12.2 Å². The number of nitrogens with zero attached hydrogens (tertiary/aromatic N) is 2. The molecular weight excluding hydrogens is 176 g/mol. The molecule has 0 aromatic rings. The topological polar surface area (TPSA) is 47.6 Å². The lowest BCUT2D eigenvalue weighted by atomic mass is 10.4. The number of allylic oxidation sites excluding steroid dienone is 1. The lowest BCUT2D eigenvalue weighted by Gasteiger charge is -2.01. The van der Waals surface area contributed by atoms with Gasteiger partial charge in [-0.15, -0.1) is 0 Å². The van der Waals surface area contributed by atoms with Crippen LogP contribution in [0.5, 0.6) is 0 Å². The fourth-order valence-electron chi connectivity index (χ4n) is 0.531. The molecule has 1 unspecified atom stereocenters. The predicted octanol–water partition coefficient (Wildman–Crippen LogP) is 2.36. The van der Waals surface area contributed by atoms with Gasteiger partial charge in [-0.1, -0.05) is 12.2 Å². The average Bonchev–Trinajstić information content (AvgIpc) is 2.01. The Morgan fingerprint density at radius 1 is 1.45 bits per heavy atom. The minimum absolute atomic E-state index is 0.148. The van der Waals surface area contributed by atoms with E-state index < -0.39 is 0 Å². The minimum Gasteiger partial charge on any atom is -0.185 e. The van der Waals surface area contributed by atoms with Gasteiger partial charge in [0.25, 0.3) is 0 Å². The van der Waals surface area contributed by atoms with Crippen molar-refractivity contribution in [2.75, 3.05) is 5.75 Å². The highest BCUT2D eigenvalue weighted by molar-refractivity contribution is 8.07. The minimum atomic E-state index is 0.148. The summed E-state index contributed by atoms with van der Waals surface area (Å²) >= 11 is 2.37. The quantitative estimate of drug-likeness (QED) is 0.497. The summed E-state index contributed by atoms with van der Waals surface area (Å²) in [6.45, 7) is 1.90. The van der Waals surface area contributed by atoms with Gasteiger partial charge in [0.1, 0.15) is 10.8 Å². The highest BCUT2D eigenvalue weighted by atomic mass is 32.2. The monoisotopic (exact) mass is 184 g/mol. The van der Waals surface area contributed by atoms with Crippen LogP contribution in [0.4, 0.5) is 0 Å². The number of rotatable bonds is 4. The first-order valence-electron chi connectivity index (χ1n) is 3.03. The molecule has 0 saturated carbocycles. The van der Waals surface area contributed by atoms with Crippen LogP contribution in [-0.4, -0.2) is 11.0 Å². The van der Waals surface area contributed by atoms with Crippen LogP contribution in [0, 0.1) is 21.3 Å². The van der Waals surface area contributed by atoms with Crippen LogP contribution in [-0.2, 0) is 0 Å². The van der Waals surface area contributed by atoms with Crippen LogP contribution < -0.4 is 0 Å². The lowest BCUT2D eigenvalue weighted by molar-refractivity contribution is 1.27. The highest BCUT2D eigenvalue weighted by Crippen LogP contribution is 2.15. The van der Waals surface area contributed by atoms with E-state index >= 15 is 0 Å².